The first-order valence-electron chi connectivity index (χ1n) is 7.64. The molecule has 1 aromatic heterocycles. The molecular weight excluding hydrogens is 326 g/mol. The Morgan fingerprint density at radius 1 is 1.25 bits per heavy atom. The van der Waals surface area contributed by atoms with Crippen molar-refractivity contribution in [2.45, 2.75) is 32.5 Å². The Kier molecular flexibility index (Phi) is 6.36. The SMILES string of the molecule is CCn1cnnc1SCC(=O)NCC(=O)Nc1cccc(C)c1C. The Hall–Kier alpha value is -2.35. The van der Waals surface area contributed by atoms with Crippen molar-refractivity contribution < 1.29 is 9.59 Å². The van der Waals surface area contributed by atoms with E-state index < -0.39 is 0 Å². The third-order valence-electron chi connectivity index (χ3n) is 3.58. The van der Waals surface area contributed by atoms with E-state index in [2.05, 4.69) is 20.8 Å². The van der Waals surface area contributed by atoms with E-state index in [1.165, 1.54) is 11.8 Å². The van der Waals surface area contributed by atoms with Gasteiger partial charge in [0.15, 0.2) is 5.16 Å². The number of aromatic nitrogens is 3. The standard InChI is InChI=1S/C16H21N5O2S/c1-4-21-10-18-20-16(21)24-9-15(23)17-8-14(22)19-13-7-5-6-11(2)12(13)3/h5-7,10H,4,8-9H2,1-3H3,(H,17,23)(H,19,22). The van der Waals surface area contributed by atoms with Crippen LogP contribution >= 0.6 is 11.8 Å². The second-order valence-electron chi connectivity index (χ2n) is 5.26. The lowest BCUT2D eigenvalue weighted by Crippen LogP contribution is -2.34. The van der Waals surface area contributed by atoms with Crippen molar-refractivity contribution >= 4 is 29.3 Å². The van der Waals surface area contributed by atoms with Crippen LogP contribution in [0.4, 0.5) is 5.69 Å². The summed E-state index contributed by atoms with van der Waals surface area (Å²) in [6, 6.07) is 5.71. The fourth-order valence-corrected chi connectivity index (χ4v) is 2.82. The van der Waals surface area contributed by atoms with Gasteiger partial charge in [0.1, 0.15) is 6.33 Å². The van der Waals surface area contributed by atoms with Gasteiger partial charge >= 0.3 is 0 Å². The Balaban J connectivity index is 1.77. The quantitative estimate of drug-likeness (QED) is 0.745. The number of amides is 2. The highest BCUT2D eigenvalue weighted by molar-refractivity contribution is 7.99. The molecular formula is C16H21N5O2S. The summed E-state index contributed by atoms with van der Waals surface area (Å²) in [5.41, 5.74) is 2.89. The number of carbonyl (C=O) groups excluding carboxylic acids is 2. The lowest BCUT2D eigenvalue weighted by atomic mass is 10.1. The van der Waals surface area contributed by atoms with E-state index in [1.807, 2.05) is 43.5 Å². The van der Waals surface area contributed by atoms with Crippen LogP contribution in [0.3, 0.4) is 0 Å². The number of benzene rings is 1. The Morgan fingerprint density at radius 3 is 2.79 bits per heavy atom. The van der Waals surface area contributed by atoms with Crippen LogP contribution < -0.4 is 10.6 Å². The molecule has 128 valence electrons. The third kappa shape index (κ3) is 4.82. The lowest BCUT2D eigenvalue weighted by Gasteiger charge is -2.11. The van der Waals surface area contributed by atoms with E-state index in [0.717, 1.165) is 23.4 Å². The van der Waals surface area contributed by atoms with E-state index in [4.69, 9.17) is 0 Å². The molecule has 2 amide bonds. The van der Waals surface area contributed by atoms with Crippen LogP contribution in [0.2, 0.25) is 0 Å². The van der Waals surface area contributed by atoms with Crippen LogP contribution in [0.25, 0.3) is 0 Å². The topological polar surface area (TPSA) is 88.9 Å². The number of anilines is 1. The van der Waals surface area contributed by atoms with E-state index >= 15 is 0 Å². The summed E-state index contributed by atoms with van der Waals surface area (Å²) in [6.45, 7) is 6.59. The van der Waals surface area contributed by atoms with Crippen molar-refractivity contribution in [1.29, 1.82) is 0 Å². The maximum Gasteiger partial charge on any atom is 0.243 e. The van der Waals surface area contributed by atoms with Gasteiger partial charge < -0.3 is 15.2 Å². The molecule has 0 bridgehead atoms. The predicted molar refractivity (Wildman–Crippen MR) is 94.0 cm³/mol. The Labute approximate surface area is 145 Å². The minimum atomic E-state index is -0.251. The van der Waals surface area contributed by atoms with Crippen LogP contribution in [0, 0.1) is 13.8 Å². The van der Waals surface area contributed by atoms with Gasteiger partial charge in [-0.25, -0.2) is 0 Å². The molecule has 0 spiro atoms. The average molecular weight is 347 g/mol. The van der Waals surface area contributed by atoms with Gasteiger partial charge in [0, 0.05) is 12.2 Å². The second-order valence-corrected chi connectivity index (χ2v) is 6.20. The van der Waals surface area contributed by atoms with Gasteiger partial charge in [-0.1, -0.05) is 23.9 Å². The van der Waals surface area contributed by atoms with E-state index in [0.29, 0.717) is 5.16 Å². The van der Waals surface area contributed by atoms with E-state index in [-0.39, 0.29) is 24.1 Å². The van der Waals surface area contributed by atoms with E-state index in [1.54, 1.807) is 6.33 Å². The summed E-state index contributed by atoms with van der Waals surface area (Å²) in [5.74, 6) is -0.282. The van der Waals surface area contributed by atoms with Crippen LogP contribution in [0.15, 0.2) is 29.7 Å². The Bertz CT molecular complexity index is 729. The van der Waals surface area contributed by atoms with Crippen molar-refractivity contribution in [3.63, 3.8) is 0 Å². The number of carbonyl (C=O) groups is 2. The number of thioether (sulfide) groups is 1. The predicted octanol–water partition coefficient (Wildman–Crippen LogP) is 1.76. The maximum atomic E-state index is 12.0. The highest BCUT2D eigenvalue weighted by atomic mass is 32.2. The molecule has 0 aliphatic carbocycles. The molecule has 0 aliphatic rings. The molecule has 2 aromatic rings. The molecule has 0 atom stereocenters. The second kappa shape index (κ2) is 8.49. The number of nitrogens with zero attached hydrogens (tertiary/aromatic N) is 3. The summed E-state index contributed by atoms with van der Waals surface area (Å²) in [7, 11) is 0. The number of hydrogen-bond donors (Lipinski definition) is 2. The molecule has 7 nitrogen and oxygen atoms in total. The molecule has 2 N–H and O–H groups in total. The summed E-state index contributed by atoms with van der Waals surface area (Å²) >= 11 is 1.29. The molecule has 0 aliphatic heterocycles. The molecule has 2 rings (SSSR count). The monoisotopic (exact) mass is 347 g/mol. The van der Waals surface area contributed by atoms with Gasteiger partial charge in [0.2, 0.25) is 11.8 Å². The minimum Gasteiger partial charge on any atom is -0.346 e. The first-order valence-corrected chi connectivity index (χ1v) is 8.63. The summed E-state index contributed by atoms with van der Waals surface area (Å²) in [4.78, 5) is 23.8. The fourth-order valence-electron chi connectivity index (χ4n) is 2.01. The van der Waals surface area contributed by atoms with Gasteiger partial charge in [-0.05, 0) is 38.0 Å². The molecule has 0 saturated carbocycles. The molecule has 0 unspecified atom stereocenters. The summed E-state index contributed by atoms with van der Waals surface area (Å²) in [5, 5.41) is 13.9. The van der Waals surface area contributed by atoms with Gasteiger partial charge in [0.25, 0.3) is 0 Å². The minimum absolute atomic E-state index is 0.0623. The first kappa shape index (κ1) is 18.0. The van der Waals surface area contributed by atoms with Crippen LogP contribution in [-0.4, -0.2) is 38.9 Å². The van der Waals surface area contributed by atoms with E-state index in [9.17, 15) is 9.59 Å². The smallest absolute Gasteiger partial charge is 0.243 e. The third-order valence-corrected chi connectivity index (χ3v) is 4.56. The zero-order valence-corrected chi connectivity index (χ0v) is 14.8. The van der Waals surface area contributed by atoms with Crippen LogP contribution in [0.5, 0.6) is 0 Å². The largest absolute Gasteiger partial charge is 0.346 e. The summed E-state index contributed by atoms with van der Waals surface area (Å²) < 4.78 is 1.85. The van der Waals surface area contributed by atoms with Crippen molar-refractivity contribution in [3.8, 4) is 0 Å². The average Bonchev–Trinajstić information content (AvgIpc) is 3.03. The van der Waals surface area contributed by atoms with Crippen LogP contribution in [-0.2, 0) is 16.1 Å². The Morgan fingerprint density at radius 2 is 2.04 bits per heavy atom. The first-order chi connectivity index (χ1) is 11.5. The van der Waals surface area contributed by atoms with Gasteiger partial charge in [-0.3, -0.25) is 9.59 Å². The number of hydrogen-bond acceptors (Lipinski definition) is 5. The highest BCUT2D eigenvalue weighted by Crippen LogP contribution is 2.17. The molecule has 24 heavy (non-hydrogen) atoms. The van der Waals surface area contributed by atoms with Gasteiger partial charge in [0.05, 0.1) is 12.3 Å². The number of aryl methyl sites for hydroxylation is 2. The van der Waals surface area contributed by atoms with Crippen molar-refractivity contribution in [3.05, 3.63) is 35.7 Å². The molecule has 0 saturated heterocycles. The molecule has 0 fully saturated rings. The molecule has 0 radical (unpaired) electrons. The van der Waals surface area contributed by atoms with Gasteiger partial charge in [-0.2, -0.15) is 0 Å². The fraction of sp³-hybridized carbons (Fsp3) is 0.375. The lowest BCUT2D eigenvalue weighted by molar-refractivity contribution is -0.122. The summed E-state index contributed by atoms with van der Waals surface area (Å²) in [6.07, 6.45) is 1.62. The maximum absolute atomic E-state index is 12.0. The molecule has 8 heteroatoms. The number of rotatable bonds is 7. The van der Waals surface area contributed by atoms with Crippen LogP contribution in [0.1, 0.15) is 18.1 Å². The van der Waals surface area contributed by atoms with Crippen molar-refractivity contribution in [2.75, 3.05) is 17.6 Å². The molecule has 1 heterocycles. The number of nitrogens with one attached hydrogen (secondary N) is 2. The van der Waals surface area contributed by atoms with Crippen molar-refractivity contribution in [2.24, 2.45) is 0 Å². The van der Waals surface area contributed by atoms with Gasteiger partial charge in [-0.15, -0.1) is 10.2 Å². The van der Waals surface area contributed by atoms with Crippen molar-refractivity contribution in [1.82, 2.24) is 20.1 Å². The zero-order chi connectivity index (χ0) is 17.5. The zero-order valence-electron chi connectivity index (χ0n) is 14.0. The highest BCUT2D eigenvalue weighted by Gasteiger charge is 2.10. The molecule has 1 aromatic carbocycles. The normalized spacial score (nSPS) is 10.5.